The van der Waals surface area contributed by atoms with Crippen LogP contribution >= 0.6 is 0 Å². The molecule has 2 rings (SSSR count). The summed E-state index contributed by atoms with van der Waals surface area (Å²) in [5, 5.41) is 12.3. The molecule has 14 heavy (non-hydrogen) atoms. The molecule has 0 saturated carbocycles. The van der Waals surface area contributed by atoms with Gasteiger partial charge in [-0.2, -0.15) is 0 Å². The molecule has 0 aliphatic carbocycles. The molecule has 0 aromatic rings. The molecule has 2 aliphatic rings. The Morgan fingerprint density at radius 3 is 2.64 bits per heavy atom. The van der Waals surface area contributed by atoms with E-state index in [4.69, 9.17) is 9.84 Å². The lowest BCUT2D eigenvalue weighted by Crippen LogP contribution is -2.38. The van der Waals surface area contributed by atoms with Crippen molar-refractivity contribution in [2.75, 3.05) is 19.7 Å². The van der Waals surface area contributed by atoms with Crippen molar-refractivity contribution in [3.8, 4) is 0 Å². The third-order valence-corrected chi connectivity index (χ3v) is 3.30. The topological polar surface area (TPSA) is 58.6 Å². The second-order valence-electron chi connectivity index (χ2n) is 4.16. The predicted molar refractivity (Wildman–Crippen MR) is 51.1 cm³/mol. The zero-order valence-electron chi connectivity index (χ0n) is 8.24. The number of carboxylic acid groups (broad SMARTS) is 1. The normalized spacial score (nSPS) is 34.6. The molecular weight excluding hydrogens is 182 g/mol. The van der Waals surface area contributed by atoms with Gasteiger partial charge in [0, 0.05) is 6.61 Å². The quantitative estimate of drug-likeness (QED) is 0.679. The average molecular weight is 199 g/mol. The Kier molecular flexibility index (Phi) is 3.03. The number of hydrogen-bond donors (Lipinski definition) is 2. The molecule has 2 atom stereocenters. The van der Waals surface area contributed by atoms with Crippen LogP contribution in [0.25, 0.3) is 0 Å². The summed E-state index contributed by atoms with van der Waals surface area (Å²) in [6.07, 6.45) is 2.75. The van der Waals surface area contributed by atoms with Gasteiger partial charge in [0.15, 0.2) is 0 Å². The smallest absolute Gasteiger partial charge is 0.309 e. The highest BCUT2D eigenvalue weighted by atomic mass is 16.5. The maximum Gasteiger partial charge on any atom is 0.309 e. The van der Waals surface area contributed by atoms with E-state index in [1.807, 2.05) is 0 Å². The molecule has 2 aliphatic heterocycles. The summed E-state index contributed by atoms with van der Waals surface area (Å²) in [4.78, 5) is 11.0. The monoisotopic (exact) mass is 199 g/mol. The first-order valence-corrected chi connectivity index (χ1v) is 5.34. The van der Waals surface area contributed by atoms with E-state index >= 15 is 0 Å². The largest absolute Gasteiger partial charge is 0.481 e. The molecule has 2 heterocycles. The van der Waals surface area contributed by atoms with Crippen molar-refractivity contribution in [1.29, 1.82) is 0 Å². The van der Waals surface area contributed by atoms with Gasteiger partial charge < -0.3 is 15.2 Å². The van der Waals surface area contributed by atoms with Crippen molar-refractivity contribution in [3.63, 3.8) is 0 Å². The van der Waals surface area contributed by atoms with E-state index < -0.39 is 5.97 Å². The number of ether oxygens (including phenoxy) is 1. The Labute approximate surface area is 83.6 Å². The Morgan fingerprint density at radius 1 is 1.29 bits per heavy atom. The van der Waals surface area contributed by atoms with Crippen LogP contribution < -0.4 is 5.32 Å². The van der Waals surface area contributed by atoms with E-state index in [-0.39, 0.29) is 12.0 Å². The van der Waals surface area contributed by atoms with E-state index in [0.717, 1.165) is 25.9 Å². The maximum atomic E-state index is 11.0. The number of hydrogen-bond acceptors (Lipinski definition) is 3. The third-order valence-electron chi connectivity index (χ3n) is 3.30. The van der Waals surface area contributed by atoms with Gasteiger partial charge in [0.1, 0.15) is 0 Å². The molecule has 0 radical (unpaired) electrons. The molecule has 2 saturated heterocycles. The first kappa shape index (κ1) is 9.93. The molecule has 0 unspecified atom stereocenters. The molecule has 2 N–H and O–H groups in total. The molecule has 0 bridgehead atoms. The van der Waals surface area contributed by atoms with E-state index in [1.165, 1.54) is 0 Å². The van der Waals surface area contributed by atoms with Crippen LogP contribution in [0.1, 0.15) is 19.3 Å². The summed E-state index contributed by atoms with van der Waals surface area (Å²) in [6.45, 7) is 2.61. The van der Waals surface area contributed by atoms with Gasteiger partial charge in [-0.3, -0.25) is 4.79 Å². The summed E-state index contributed by atoms with van der Waals surface area (Å²) in [5.41, 5.74) is 0. The summed E-state index contributed by atoms with van der Waals surface area (Å²) in [6, 6.07) is 0. The van der Waals surface area contributed by atoms with Gasteiger partial charge in [0.25, 0.3) is 0 Å². The highest BCUT2D eigenvalue weighted by Gasteiger charge is 2.39. The third kappa shape index (κ3) is 1.91. The van der Waals surface area contributed by atoms with Crippen LogP contribution in [0.15, 0.2) is 0 Å². The van der Waals surface area contributed by atoms with Crippen LogP contribution in [0.3, 0.4) is 0 Å². The van der Waals surface area contributed by atoms with Gasteiger partial charge in [-0.15, -0.1) is 0 Å². The van der Waals surface area contributed by atoms with Crippen molar-refractivity contribution in [2.24, 2.45) is 11.8 Å². The van der Waals surface area contributed by atoms with Gasteiger partial charge >= 0.3 is 5.97 Å². The zero-order chi connectivity index (χ0) is 9.97. The Hall–Kier alpha value is -0.610. The molecular formula is C10H17NO3. The van der Waals surface area contributed by atoms with Crippen molar-refractivity contribution >= 4 is 5.97 Å². The fourth-order valence-electron chi connectivity index (χ4n) is 2.51. The standard InChI is InChI=1S/C10H17NO3/c12-10(13)8-3-6-14-9(8)7-1-4-11-5-2-7/h7-9,11H,1-6H2,(H,12,13)/t8-,9+/m0/s1. The molecule has 80 valence electrons. The van der Waals surface area contributed by atoms with Gasteiger partial charge in [0.05, 0.1) is 12.0 Å². The number of aliphatic carboxylic acids is 1. The first-order valence-electron chi connectivity index (χ1n) is 5.34. The number of rotatable bonds is 2. The number of carbonyl (C=O) groups is 1. The van der Waals surface area contributed by atoms with Crippen LogP contribution in [0.2, 0.25) is 0 Å². The SMILES string of the molecule is O=C(O)[C@H]1CCO[C@@H]1C1CCNCC1. The van der Waals surface area contributed by atoms with Crippen molar-refractivity contribution in [1.82, 2.24) is 5.32 Å². The van der Waals surface area contributed by atoms with E-state index in [9.17, 15) is 4.79 Å². The van der Waals surface area contributed by atoms with Gasteiger partial charge in [-0.1, -0.05) is 0 Å². The number of piperidine rings is 1. The summed E-state index contributed by atoms with van der Waals surface area (Å²) in [7, 11) is 0. The molecule has 2 fully saturated rings. The Morgan fingerprint density at radius 2 is 2.00 bits per heavy atom. The van der Waals surface area contributed by atoms with Crippen LogP contribution in [0.4, 0.5) is 0 Å². The average Bonchev–Trinajstić information content (AvgIpc) is 2.67. The fourth-order valence-corrected chi connectivity index (χ4v) is 2.51. The predicted octanol–water partition coefficient (Wildman–Crippen LogP) is 0.476. The van der Waals surface area contributed by atoms with E-state index in [2.05, 4.69) is 5.32 Å². The van der Waals surface area contributed by atoms with Crippen molar-refractivity contribution < 1.29 is 14.6 Å². The van der Waals surface area contributed by atoms with E-state index in [1.54, 1.807) is 0 Å². The van der Waals surface area contributed by atoms with Crippen molar-refractivity contribution in [2.45, 2.75) is 25.4 Å². The minimum atomic E-state index is -0.689. The van der Waals surface area contributed by atoms with Gasteiger partial charge in [-0.05, 0) is 38.3 Å². The lowest BCUT2D eigenvalue weighted by atomic mass is 9.85. The molecule has 0 amide bonds. The molecule has 0 spiro atoms. The van der Waals surface area contributed by atoms with Crippen molar-refractivity contribution in [3.05, 3.63) is 0 Å². The summed E-state index contributed by atoms with van der Waals surface area (Å²) >= 11 is 0. The van der Waals surface area contributed by atoms with Gasteiger partial charge in [0.2, 0.25) is 0 Å². The molecule has 0 aromatic heterocycles. The maximum absolute atomic E-state index is 11.0. The summed E-state index contributed by atoms with van der Waals surface area (Å²) < 4.78 is 5.56. The Balaban J connectivity index is 1.97. The number of nitrogens with one attached hydrogen (secondary N) is 1. The Bertz CT molecular complexity index is 213. The lowest BCUT2D eigenvalue weighted by molar-refractivity contribution is -0.144. The van der Waals surface area contributed by atoms with Crippen LogP contribution in [0, 0.1) is 11.8 Å². The van der Waals surface area contributed by atoms with E-state index in [0.29, 0.717) is 18.9 Å². The highest BCUT2D eigenvalue weighted by molar-refractivity contribution is 5.71. The second kappa shape index (κ2) is 4.28. The highest BCUT2D eigenvalue weighted by Crippen LogP contribution is 2.31. The van der Waals surface area contributed by atoms with Gasteiger partial charge in [-0.25, -0.2) is 0 Å². The summed E-state index contributed by atoms with van der Waals surface area (Å²) in [5.74, 6) is -0.510. The molecule has 0 aromatic carbocycles. The number of carboxylic acids is 1. The lowest BCUT2D eigenvalue weighted by Gasteiger charge is -2.29. The van der Waals surface area contributed by atoms with Crippen LogP contribution in [-0.4, -0.2) is 36.9 Å². The molecule has 4 heteroatoms. The fraction of sp³-hybridized carbons (Fsp3) is 0.900. The zero-order valence-corrected chi connectivity index (χ0v) is 8.24. The van der Waals surface area contributed by atoms with Crippen LogP contribution in [-0.2, 0) is 9.53 Å². The minimum absolute atomic E-state index is 0.0328. The minimum Gasteiger partial charge on any atom is -0.481 e. The second-order valence-corrected chi connectivity index (χ2v) is 4.16. The van der Waals surface area contributed by atoms with Crippen LogP contribution in [0.5, 0.6) is 0 Å². The molecule has 4 nitrogen and oxygen atoms in total. The first-order chi connectivity index (χ1) is 6.79.